The largest absolute Gasteiger partial charge is 0.478 e. The molecule has 66 valence electrons. The zero-order valence-corrected chi connectivity index (χ0v) is 8.02. The Bertz CT molecular complexity index is 475. The second-order valence-electron chi connectivity index (χ2n) is 2.58. The van der Waals surface area contributed by atoms with Crippen LogP contribution in [0.15, 0.2) is 24.3 Å². The SMILES string of the molecule is O=C(O)c1cccc2cc(Cl)sc12. The molecule has 1 N–H and O–H groups in total. The number of halogens is 1. The highest BCUT2D eigenvalue weighted by atomic mass is 35.5. The van der Waals surface area contributed by atoms with Crippen molar-refractivity contribution in [2.45, 2.75) is 0 Å². The normalized spacial score (nSPS) is 10.5. The van der Waals surface area contributed by atoms with Gasteiger partial charge in [0.2, 0.25) is 0 Å². The fourth-order valence-electron chi connectivity index (χ4n) is 1.20. The molecule has 0 aliphatic rings. The van der Waals surface area contributed by atoms with E-state index in [1.54, 1.807) is 18.2 Å². The minimum absolute atomic E-state index is 0.314. The summed E-state index contributed by atoms with van der Waals surface area (Å²) >= 11 is 7.08. The van der Waals surface area contributed by atoms with Crippen molar-refractivity contribution in [3.8, 4) is 0 Å². The number of hydrogen-bond acceptors (Lipinski definition) is 2. The van der Waals surface area contributed by atoms with Crippen LogP contribution >= 0.6 is 22.9 Å². The van der Waals surface area contributed by atoms with Crippen LogP contribution < -0.4 is 0 Å². The third-order valence-electron chi connectivity index (χ3n) is 1.74. The maximum absolute atomic E-state index is 10.8. The van der Waals surface area contributed by atoms with E-state index >= 15 is 0 Å². The maximum atomic E-state index is 10.8. The van der Waals surface area contributed by atoms with Gasteiger partial charge in [-0.2, -0.15) is 0 Å². The van der Waals surface area contributed by atoms with Gasteiger partial charge in [-0.25, -0.2) is 4.79 Å². The summed E-state index contributed by atoms with van der Waals surface area (Å²) in [5, 5.41) is 9.74. The molecular weight excluding hydrogens is 208 g/mol. The predicted octanol–water partition coefficient (Wildman–Crippen LogP) is 3.25. The highest BCUT2D eigenvalue weighted by molar-refractivity contribution is 7.23. The van der Waals surface area contributed by atoms with E-state index in [1.807, 2.05) is 6.07 Å². The van der Waals surface area contributed by atoms with Crippen LogP contribution in [0.3, 0.4) is 0 Å². The van der Waals surface area contributed by atoms with Crippen LogP contribution in [0.4, 0.5) is 0 Å². The van der Waals surface area contributed by atoms with Crippen molar-refractivity contribution in [1.29, 1.82) is 0 Å². The molecule has 1 aromatic carbocycles. The van der Waals surface area contributed by atoms with Crippen LogP contribution in [0, 0.1) is 0 Å². The summed E-state index contributed by atoms with van der Waals surface area (Å²) in [6.45, 7) is 0. The minimum Gasteiger partial charge on any atom is -0.478 e. The summed E-state index contributed by atoms with van der Waals surface area (Å²) in [5.41, 5.74) is 0.314. The molecule has 0 unspecified atom stereocenters. The lowest BCUT2D eigenvalue weighted by Crippen LogP contribution is -1.94. The monoisotopic (exact) mass is 212 g/mol. The van der Waals surface area contributed by atoms with Crippen molar-refractivity contribution in [2.24, 2.45) is 0 Å². The molecule has 1 heterocycles. The van der Waals surface area contributed by atoms with E-state index < -0.39 is 5.97 Å². The highest BCUT2D eigenvalue weighted by Gasteiger charge is 2.09. The molecule has 0 aliphatic heterocycles. The Morgan fingerprint density at radius 1 is 1.46 bits per heavy atom. The van der Waals surface area contributed by atoms with Crippen molar-refractivity contribution < 1.29 is 9.90 Å². The van der Waals surface area contributed by atoms with Gasteiger partial charge in [0.15, 0.2) is 0 Å². The van der Waals surface area contributed by atoms with Crippen molar-refractivity contribution in [3.05, 3.63) is 34.2 Å². The van der Waals surface area contributed by atoms with Crippen LogP contribution in [0.2, 0.25) is 4.34 Å². The first kappa shape index (κ1) is 8.53. The fraction of sp³-hybridized carbons (Fsp3) is 0. The molecule has 0 saturated heterocycles. The number of rotatable bonds is 1. The molecule has 13 heavy (non-hydrogen) atoms. The van der Waals surface area contributed by atoms with Gasteiger partial charge >= 0.3 is 5.97 Å². The van der Waals surface area contributed by atoms with Crippen LogP contribution in [0.5, 0.6) is 0 Å². The van der Waals surface area contributed by atoms with E-state index in [1.165, 1.54) is 11.3 Å². The number of fused-ring (bicyclic) bond motifs is 1. The summed E-state index contributed by atoms with van der Waals surface area (Å²) < 4.78 is 1.35. The maximum Gasteiger partial charge on any atom is 0.337 e. The summed E-state index contributed by atoms with van der Waals surface area (Å²) in [6.07, 6.45) is 0. The number of aromatic carboxylic acids is 1. The van der Waals surface area contributed by atoms with Gasteiger partial charge in [0.1, 0.15) is 0 Å². The number of carboxylic acid groups (broad SMARTS) is 1. The Balaban J connectivity index is 2.82. The Labute approximate surface area is 83.4 Å². The van der Waals surface area contributed by atoms with Gasteiger partial charge in [0.05, 0.1) is 14.6 Å². The molecule has 0 amide bonds. The molecule has 4 heteroatoms. The minimum atomic E-state index is -0.913. The zero-order chi connectivity index (χ0) is 9.42. The molecule has 0 atom stereocenters. The first-order valence-electron chi connectivity index (χ1n) is 3.60. The lowest BCUT2D eigenvalue weighted by molar-refractivity contribution is 0.0699. The number of benzene rings is 1. The third-order valence-corrected chi connectivity index (χ3v) is 3.06. The summed E-state index contributed by atoms with van der Waals surface area (Å²) in [6, 6.07) is 6.92. The topological polar surface area (TPSA) is 37.3 Å². The van der Waals surface area contributed by atoms with Crippen molar-refractivity contribution in [1.82, 2.24) is 0 Å². The molecule has 2 nitrogen and oxygen atoms in total. The molecular formula is C9H5ClO2S. The fourth-order valence-corrected chi connectivity index (χ4v) is 2.44. The van der Waals surface area contributed by atoms with Gasteiger partial charge in [-0.1, -0.05) is 23.7 Å². The quantitative estimate of drug-likeness (QED) is 0.788. The van der Waals surface area contributed by atoms with Crippen molar-refractivity contribution in [3.63, 3.8) is 0 Å². The number of carbonyl (C=O) groups is 1. The van der Waals surface area contributed by atoms with Gasteiger partial charge in [0, 0.05) is 0 Å². The molecule has 0 spiro atoms. The number of hydrogen-bond donors (Lipinski definition) is 1. The van der Waals surface area contributed by atoms with Crippen LogP contribution in [0.25, 0.3) is 10.1 Å². The Morgan fingerprint density at radius 3 is 2.92 bits per heavy atom. The number of thiophene rings is 1. The van der Waals surface area contributed by atoms with E-state index in [2.05, 4.69) is 0 Å². The van der Waals surface area contributed by atoms with E-state index in [0.29, 0.717) is 9.90 Å². The van der Waals surface area contributed by atoms with Crippen LogP contribution in [0.1, 0.15) is 10.4 Å². The summed E-state index contributed by atoms with van der Waals surface area (Å²) in [7, 11) is 0. The molecule has 0 fully saturated rings. The van der Waals surface area contributed by atoms with Crippen molar-refractivity contribution in [2.75, 3.05) is 0 Å². The Kier molecular flexibility index (Phi) is 1.98. The lowest BCUT2D eigenvalue weighted by atomic mass is 10.2. The zero-order valence-electron chi connectivity index (χ0n) is 6.45. The predicted molar refractivity (Wildman–Crippen MR) is 53.8 cm³/mol. The summed E-state index contributed by atoms with van der Waals surface area (Å²) in [5.74, 6) is -0.913. The molecule has 0 bridgehead atoms. The van der Waals surface area contributed by atoms with Gasteiger partial charge in [-0.15, -0.1) is 11.3 Å². The van der Waals surface area contributed by atoms with Crippen LogP contribution in [-0.4, -0.2) is 11.1 Å². The van der Waals surface area contributed by atoms with Gasteiger partial charge in [-0.3, -0.25) is 0 Å². The first-order valence-corrected chi connectivity index (χ1v) is 4.79. The summed E-state index contributed by atoms with van der Waals surface area (Å²) in [4.78, 5) is 10.8. The van der Waals surface area contributed by atoms with E-state index in [4.69, 9.17) is 16.7 Å². The lowest BCUT2D eigenvalue weighted by Gasteiger charge is -1.94. The third kappa shape index (κ3) is 1.41. The second kappa shape index (κ2) is 3.01. The van der Waals surface area contributed by atoms with Crippen molar-refractivity contribution >= 4 is 39.0 Å². The average Bonchev–Trinajstić information content (AvgIpc) is 2.43. The second-order valence-corrected chi connectivity index (χ2v) is 4.26. The van der Waals surface area contributed by atoms with Gasteiger partial charge in [-0.05, 0) is 17.5 Å². The molecule has 0 aliphatic carbocycles. The molecule has 0 radical (unpaired) electrons. The van der Waals surface area contributed by atoms with E-state index in [0.717, 1.165) is 10.1 Å². The standard InChI is InChI=1S/C9H5ClO2S/c10-7-4-5-2-1-3-6(9(11)12)8(5)13-7/h1-4H,(H,11,12). The van der Waals surface area contributed by atoms with E-state index in [-0.39, 0.29) is 0 Å². The Hall–Kier alpha value is -1.06. The molecule has 1 aromatic heterocycles. The van der Waals surface area contributed by atoms with Gasteiger partial charge < -0.3 is 5.11 Å². The Morgan fingerprint density at radius 2 is 2.23 bits per heavy atom. The molecule has 0 saturated carbocycles. The highest BCUT2D eigenvalue weighted by Crippen LogP contribution is 2.31. The smallest absolute Gasteiger partial charge is 0.337 e. The number of carboxylic acids is 1. The molecule has 2 rings (SSSR count). The first-order chi connectivity index (χ1) is 6.18. The van der Waals surface area contributed by atoms with Gasteiger partial charge in [0.25, 0.3) is 0 Å². The van der Waals surface area contributed by atoms with Crippen LogP contribution in [-0.2, 0) is 0 Å². The average molecular weight is 213 g/mol. The molecule has 2 aromatic rings. The van der Waals surface area contributed by atoms with E-state index in [9.17, 15) is 4.79 Å².